The van der Waals surface area contributed by atoms with Gasteiger partial charge in [0.05, 0.1) is 35.2 Å². The predicted octanol–water partition coefficient (Wildman–Crippen LogP) is 5.38. The van der Waals surface area contributed by atoms with Crippen LogP contribution in [0.15, 0.2) is 42.5 Å². The van der Waals surface area contributed by atoms with Gasteiger partial charge >= 0.3 is 5.97 Å². The Hall–Kier alpha value is -2.65. The molecule has 0 bridgehead atoms. The summed E-state index contributed by atoms with van der Waals surface area (Å²) in [6.07, 6.45) is 5.76. The fourth-order valence-corrected chi connectivity index (χ4v) is 7.48. The molecule has 8 nitrogen and oxygen atoms in total. The molecular weight excluding hydrogens is 587 g/mol. The van der Waals surface area contributed by atoms with E-state index in [1.54, 1.807) is 47.2 Å². The molecule has 0 radical (unpaired) electrons. The van der Waals surface area contributed by atoms with E-state index in [0.29, 0.717) is 22.2 Å². The van der Waals surface area contributed by atoms with E-state index in [2.05, 4.69) is 5.32 Å². The van der Waals surface area contributed by atoms with Crippen molar-refractivity contribution >= 4 is 41.0 Å². The summed E-state index contributed by atoms with van der Waals surface area (Å²) in [6, 6.07) is 12.5. The van der Waals surface area contributed by atoms with E-state index >= 15 is 0 Å². The monoisotopic (exact) mass is 631 g/mol. The zero-order valence-corrected chi connectivity index (χ0v) is 27.3. The molecule has 0 aliphatic carbocycles. The van der Waals surface area contributed by atoms with Crippen LogP contribution in [0, 0.1) is 0 Å². The van der Waals surface area contributed by atoms with E-state index in [9.17, 15) is 14.4 Å². The van der Waals surface area contributed by atoms with Crippen LogP contribution in [0.3, 0.4) is 0 Å². The Bertz CT molecular complexity index is 1310. The maximum Gasteiger partial charge on any atom is 0.308 e. The van der Waals surface area contributed by atoms with Crippen LogP contribution in [-0.2, 0) is 9.59 Å². The zero-order valence-electron chi connectivity index (χ0n) is 25.8. The van der Waals surface area contributed by atoms with E-state index < -0.39 is 11.5 Å². The second-order valence-electron chi connectivity index (χ2n) is 12.3. The summed E-state index contributed by atoms with van der Waals surface area (Å²) in [7, 11) is 5.52. The number of likely N-dealkylation sites (tertiary alicyclic amines) is 1. The highest BCUT2D eigenvalue weighted by Gasteiger charge is 2.57. The first-order chi connectivity index (χ1) is 20.5. The Morgan fingerprint density at radius 2 is 1.65 bits per heavy atom. The quantitative estimate of drug-likeness (QED) is 0.216. The first-order valence-corrected chi connectivity index (χ1v) is 16.0. The van der Waals surface area contributed by atoms with Gasteiger partial charge in [-0.1, -0.05) is 41.4 Å². The average molecular weight is 633 g/mol. The number of carbonyl (C=O) groups excluding carboxylic acids is 3. The second-order valence-corrected chi connectivity index (χ2v) is 13.1. The van der Waals surface area contributed by atoms with Crippen LogP contribution in [0.1, 0.15) is 67.3 Å². The van der Waals surface area contributed by atoms with E-state index in [4.69, 9.17) is 27.9 Å². The molecule has 4 rings (SSSR count). The molecule has 2 saturated heterocycles. The molecule has 43 heavy (non-hydrogen) atoms. The third-order valence-corrected chi connectivity index (χ3v) is 10.1. The van der Waals surface area contributed by atoms with Gasteiger partial charge in [-0.15, -0.1) is 0 Å². The lowest BCUT2D eigenvalue weighted by molar-refractivity contribution is -0.972. The van der Waals surface area contributed by atoms with Crippen molar-refractivity contribution in [1.29, 1.82) is 0 Å². The number of ether oxygens (including phenoxy) is 1. The third kappa shape index (κ3) is 7.36. The number of carbonyl (C=O) groups is 3. The molecule has 2 heterocycles. The molecule has 234 valence electrons. The van der Waals surface area contributed by atoms with Gasteiger partial charge in [0.2, 0.25) is 0 Å². The molecule has 0 aromatic heterocycles. The van der Waals surface area contributed by atoms with Crippen LogP contribution in [0.2, 0.25) is 10.0 Å². The molecule has 10 heteroatoms. The molecule has 2 aromatic carbocycles. The minimum Gasteiger partial charge on any atom is -0.426 e. The van der Waals surface area contributed by atoms with E-state index in [1.165, 1.54) is 13.3 Å². The number of hydrogen-bond acceptors (Lipinski definition) is 5. The molecule has 2 aromatic rings. The van der Waals surface area contributed by atoms with Crippen molar-refractivity contribution in [2.45, 2.75) is 56.9 Å². The van der Waals surface area contributed by atoms with Crippen molar-refractivity contribution in [3.63, 3.8) is 0 Å². The number of hydrogen-bond donors (Lipinski definition) is 1. The maximum atomic E-state index is 14.0. The number of piperidine rings is 2. The second kappa shape index (κ2) is 14.4. The van der Waals surface area contributed by atoms with Gasteiger partial charge in [-0.3, -0.25) is 14.4 Å². The maximum absolute atomic E-state index is 14.0. The van der Waals surface area contributed by atoms with Crippen molar-refractivity contribution in [3.05, 3.63) is 63.6 Å². The van der Waals surface area contributed by atoms with Gasteiger partial charge in [0, 0.05) is 72.9 Å². The lowest BCUT2D eigenvalue weighted by Gasteiger charge is -2.56. The molecule has 1 unspecified atom stereocenters. The summed E-state index contributed by atoms with van der Waals surface area (Å²) in [5.74, 6) is -0.315. The highest BCUT2D eigenvalue weighted by atomic mass is 35.5. The van der Waals surface area contributed by atoms with Crippen molar-refractivity contribution in [3.8, 4) is 5.75 Å². The highest BCUT2D eigenvalue weighted by Crippen LogP contribution is 2.40. The molecular formula is C33H45Cl2N4O4+. The van der Waals surface area contributed by atoms with Crippen molar-refractivity contribution in [1.82, 2.24) is 15.1 Å². The number of benzene rings is 2. The van der Waals surface area contributed by atoms with Crippen LogP contribution >= 0.6 is 23.2 Å². The Morgan fingerprint density at radius 1 is 0.977 bits per heavy atom. The number of nitrogens with zero attached hydrogens (tertiary/aromatic N) is 3. The van der Waals surface area contributed by atoms with Crippen LogP contribution in [-0.4, -0.2) is 98.0 Å². The molecule has 2 aliphatic rings. The van der Waals surface area contributed by atoms with Crippen molar-refractivity contribution < 1.29 is 23.6 Å². The number of esters is 1. The lowest BCUT2D eigenvalue weighted by Crippen LogP contribution is -2.74. The predicted molar refractivity (Wildman–Crippen MR) is 171 cm³/mol. The highest BCUT2D eigenvalue weighted by molar-refractivity contribution is 6.42. The fourth-order valence-electron chi connectivity index (χ4n) is 7.17. The topological polar surface area (TPSA) is 79.0 Å². The minimum absolute atomic E-state index is 0.0604. The number of nitrogens with one attached hydrogen (secondary N) is 1. The van der Waals surface area contributed by atoms with Crippen LogP contribution in [0.25, 0.3) is 0 Å². The van der Waals surface area contributed by atoms with Gasteiger partial charge in [-0.05, 0) is 49.1 Å². The molecule has 2 amide bonds. The summed E-state index contributed by atoms with van der Waals surface area (Å²) in [5.41, 5.74) is 0.857. The van der Waals surface area contributed by atoms with Gasteiger partial charge in [-0.25, -0.2) is 0 Å². The lowest BCUT2D eigenvalue weighted by atomic mass is 9.79. The molecule has 1 N–H and O–H groups in total. The number of rotatable bonds is 10. The molecule has 1 atom stereocenters. The zero-order chi connectivity index (χ0) is 31.2. The Labute approximate surface area is 265 Å². The Morgan fingerprint density at radius 3 is 2.28 bits per heavy atom. The smallest absolute Gasteiger partial charge is 0.308 e. The Kier molecular flexibility index (Phi) is 11.1. The number of quaternary nitrogens is 1. The van der Waals surface area contributed by atoms with Gasteiger partial charge in [0.25, 0.3) is 11.8 Å². The first-order valence-electron chi connectivity index (χ1n) is 15.3. The van der Waals surface area contributed by atoms with Gasteiger partial charge in [0.15, 0.2) is 5.54 Å². The molecule has 0 saturated carbocycles. The summed E-state index contributed by atoms with van der Waals surface area (Å²) in [4.78, 5) is 42.9. The van der Waals surface area contributed by atoms with Crippen molar-refractivity contribution in [2.75, 3.05) is 60.4 Å². The fraction of sp³-hybridized carbons (Fsp3) is 0.545. The van der Waals surface area contributed by atoms with Gasteiger partial charge in [-0.2, -0.15) is 0 Å². The average Bonchev–Trinajstić information content (AvgIpc) is 3.00. The van der Waals surface area contributed by atoms with Crippen LogP contribution in [0.4, 0.5) is 0 Å². The summed E-state index contributed by atoms with van der Waals surface area (Å²) >= 11 is 12.8. The number of amides is 2. The number of likely N-dealkylation sites (N-methyl/N-ethyl adjacent to an activating group) is 2. The van der Waals surface area contributed by atoms with E-state index in [1.807, 2.05) is 26.2 Å². The summed E-state index contributed by atoms with van der Waals surface area (Å²) in [5, 5.41) is 4.43. The first kappa shape index (κ1) is 33.2. The number of para-hydroxylation sites is 1. The van der Waals surface area contributed by atoms with Gasteiger partial charge in [0.1, 0.15) is 5.75 Å². The Balaban J connectivity index is 1.67. The number of halogens is 2. The molecule has 2 aliphatic heterocycles. The van der Waals surface area contributed by atoms with E-state index in [-0.39, 0.29) is 23.5 Å². The van der Waals surface area contributed by atoms with Gasteiger partial charge < -0.3 is 24.3 Å². The third-order valence-electron chi connectivity index (χ3n) is 9.35. The van der Waals surface area contributed by atoms with Crippen molar-refractivity contribution in [2.24, 2.45) is 0 Å². The van der Waals surface area contributed by atoms with Crippen LogP contribution in [0.5, 0.6) is 5.75 Å². The standard InChI is InChI=1S/C33H45Cl2N4O4/c1-24(40)43-30-11-7-6-10-27(30)31(41)38(4)23-26(25-12-13-28(34)29(35)22-25)14-21-39(19-8-5-9-20-39)33(32(42)37(2)3)15-17-36-18-16-33/h6-7,10-13,22,26,36H,5,8-9,14-21,23H2,1-4H3/q+1. The normalized spacial score (nSPS) is 18.4. The van der Waals surface area contributed by atoms with Crippen LogP contribution < -0.4 is 10.1 Å². The largest absolute Gasteiger partial charge is 0.426 e. The summed E-state index contributed by atoms with van der Waals surface area (Å²) < 4.78 is 6.11. The summed E-state index contributed by atoms with van der Waals surface area (Å²) in [6.45, 7) is 6.15. The SMILES string of the molecule is CC(=O)Oc1ccccc1C(=O)N(C)CC(CC[N+]1(C2(C(=O)N(C)C)CCNCC2)CCCCC1)c1ccc(Cl)c(Cl)c1. The molecule has 0 spiro atoms. The molecule has 2 fully saturated rings. The minimum atomic E-state index is -0.480. The van der Waals surface area contributed by atoms with E-state index in [0.717, 1.165) is 74.9 Å².